The smallest absolute Gasteiger partial charge is 0.308 e. The third-order valence-corrected chi connectivity index (χ3v) is 3.15. The van der Waals surface area contributed by atoms with Crippen LogP contribution in [0.1, 0.15) is 22.8 Å². The van der Waals surface area contributed by atoms with Crippen LogP contribution in [0.3, 0.4) is 0 Å². The summed E-state index contributed by atoms with van der Waals surface area (Å²) in [6, 6.07) is 7.01. The first-order chi connectivity index (χ1) is 9.58. The Morgan fingerprint density at radius 3 is 2.60 bits per heavy atom. The molecule has 0 aliphatic heterocycles. The molecule has 0 amide bonds. The largest absolute Gasteiger partial charge is 0.426 e. The number of Topliss-reactive ketones (excluding diaryl/α,β-unsaturated/α-hetero) is 1. The highest BCUT2D eigenvalue weighted by Gasteiger charge is 2.32. The van der Waals surface area contributed by atoms with Gasteiger partial charge in [-0.2, -0.15) is 0 Å². The first-order valence-corrected chi connectivity index (χ1v) is 6.09. The number of rotatable bonds is 1. The van der Waals surface area contributed by atoms with Crippen LogP contribution in [0.15, 0.2) is 53.3 Å². The number of hydrogen-bond donors (Lipinski definition) is 0. The highest BCUT2D eigenvalue weighted by atomic mass is 16.5. The van der Waals surface area contributed by atoms with Crippen LogP contribution < -0.4 is 0 Å². The minimum atomic E-state index is -0.530. The lowest BCUT2D eigenvalue weighted by molar-refractivity contribution is -0.136. The van der Waals surface area contributed by atoms with E-state index in [1.165, 1.54) is 19.1 Å². The summed E-state index contributed by atoms with van der Waals surface area (Å²) in [5.74, 6) is -0.967. The predicted octanol–water partition coefficient (Wildman–Crippen LogP) is 2.22. The molecule has 98 valence electrons. The summed E-state index contributed by atoms with van der Waals surface area (Å²) in [4.78, 5) is 35.6. The van der Waals surface area contributed by atoms with Crippen molar-refractivity contribution in [2.24, 2.45) is 0 Å². The lowest BCUT2D eigenvalue weighted by Gasteiger charge is -2.21. The number of ketones is 2. The van der Waals surface area contributed by atoms with E-state index < -0.39 is 5.97 Å². The zero-order valence-corrected chi connectivity index (χ0v) is 10.7. The molecule has 2 aliphatic rings. The molecule has 2 aliphatic carbocycles. The summed E-state index contributed by atoms with van der Waals surface area (Å²) in [6.07, 6.45) is 4.32. The fourth-order valence-corrected chi connectivity index (χ4v) is 2.32. The molecule has 0 fully saturated rings. The monoisotopic (exact) mass is 266 g/mol. The minimum absolute atomic E-state index is 0.128. The van der Waals surface area contributed by atoms with Crippen molar-refractivity contribution in [3.63, 3.8) is 0 Å². The first-order valence-electron chi connectivity index (χ1n) is 6.09. The maximum atomic E-state index is 12.5. The lowest BCUT2D eigenvalue weighted by atomic mass is 9.82. The molecule has 3 rings (SSSR count). The van der Waals surface area contributed by atoms with Crippen LogP contribution in [0.2, 0.25) is 0 Å². The van der Waals surface area contributed by atoms with Gasteiger partial charge in [-0.15, -0.1) is 0 Å². The van der Waals surface area contributed by atoms with Gasteiger partial charge in [0, 0.05) is 18.1 Å². The molecule has 0 heterocycles. The number of carbonyl (C=O) groups is 3. The zero-order valence-electron chi connectivity index (χ0n) is 10.7. The Bertz CT molecular complexity index is 747. The Labute approximate surface area is 115 Å². The molecule has 0 bridgehead atoms. The highest BCUT2D eigenvalue weighted by molar-refractivity contribution is 6.28. The third kappa shape index (κ3) is 1.82. The Kier molecular flexibility index (Phi) is 2.71. The fourth-order valence-electron chi connectivity index (χ4n) is 2.32. The number of allylic oxidation sites excluding steroid dienone is 4. The molecule has 0 saturated carbocycles. The molecule has 20 heavy (non-hydrogen) atoms. The van der Waals surface area contributed by atoms with Crippen LogP contribution in [0.4, 0.5) is 0 Å². The number of hydrogen-bond acceptors (Lipinski definition) is 4. The molecule has 4 heteroatoms. The van der Waals surface area contributed by atoms with Crippen molar-refractivity contribution in [2.45, 2.75) is 6.92 Å². The zero-order chi connectivity index (χ0) is 14.3. The number of ether oxygens (including phenoxy) is 1. The van der Waals surface area contributed by atoms with E-state index in [1.807, 2.05) is 0 Å². The van der Waals surface area contributed by atoms with Gasteiger partial charge in [0.1, 0.15) is 5.76 Å². The van der Waals surface area contributed by atoms with Gasteiger partial charge in [-0.3, -0.25) is 14.4 Å². The van der Waals surface area contributed by atoms with Crippen LogP contribution in [0, 0.1) is 0 Å². The Morgan fingerprint density at radius 1 is 1.10 bits per heavy atom. The first kappa shape index (κ1) is 12.3. The van der Waals surface area contributed by atoms with Crippen LogP contribution >= 0.6 is 0 Å². The van der Waals surface area contributed by atoms with Crippen LogP contribution in [0.25, 0.3) is 6.08 Å². The molecule has 0 N–H and O–H groups in total. The van der Waals surface area contributed by atoms with Gasteiger partial charge in [-0.05, 0) is 23.8 Å². The average Bonchev–Trinajstić information content (AvgIpc) is 2.42. The summed E-state index contributed by atoms with van der Waals surface area (Å²) >= 11 is 0. The van der Waals surface area contributed by atoms with Crippen LogP contribution in [-0.2, 0) is 14.3 Å². The second kappa shape index (κ2) is 4.42. The van der Waals surface area contributed by atoms with Crippen molar-refractivity contribution in [3.05, 3.63) is 64.4 Å². The number of carbonyl (C=O) groups excluding carboxylic acids is 3. The van der Waals surface area contributed by atoms with E-state index in [9.17, 15) is 14.4 Å². The molecular weight excluding hydrogens is 256 g/mol. The molecule has 0 radical (unpaired) electrons. The Balaban J connectivity index is 2.24. The van der Waals surface area contributed by atoms with E-state index in [2.05, 4.69) is 0 Å². The summed E-state index contributed by atoms with van der Waals surface area (Å²) in [5.41, 5.74) is 1.62. The van der Waals surface area contributed by atoms with Gasteiger partial charge in [-0.25, -0.2) is 0 Å². The number of benzene rings is 1. The van der Waals surface area contributed by atoms with Crippen molar-refractivity contribution >= 4 is 23.6 Å². The second-order valence-corrected chi connectivity index (χ2v) is 4.50. The van der Waals surface area contributed by atoms with Gasteiger partial charge >= 0.3 is 5.97 Å². The molecular formula is C16H10O4. The van der Waals surface area contributed by atoms with Crippen LogP contribution in [0.5, 0.6) is 0 Å². The van der Waals surface area contributed by atoms with Crippen molar-refractivity contribution in [1.82, 2.24) is 0 Å². The van der Waals surface area contributed by atoms with Crippen molar-refractivity contribution in [1.29, 1.82) is 0 Å². The maximum Gasteiger partial charge on any atom is 0.308 e. The van der Waals surface area contributed by atoms with Crippen LogP contribution in [-0.4, -0.2) is 17.5 Å². The molecule has 0 aromatic heterocycles. The molecule has 0 saturated heterocycles. The third-order valence-electron chi connectivity index (χ3n) is 3.15. The molecule has 4 nitrogen and oxygen atoms in total. The lowest BCUT2D eigenvalue weighted by Crippen LogP contribution is -2.22. The van der Waals surface area contributed by atoms with Gasteiger partial charge in [-0.1, -0.05) is 24.3 Å². The molecule has 0 spiro atoms. The van der Waals surface area contributed by atoms with Gasteiger partial charge < -0.3 is 4.74 Å². The normalized spacial score (nSPS) is 16.6. The SMILES string of the molecule is CC(=O)OC1=C2C(=O)c3ccccc3C=C2C(=O)C=C1. The van der Waals surface area contributed by atoms with Gasteiger partial charge in [0.25, 0.3) is 0 Å². The number of fused-ring (bicyclic) bond motifs is 2. The Hall–Kier alpha value is -2.75. The number of esters is 1. The molecule has 1 aromatic rings. The van der Waals surface area contributed by atoms with E-state index in [-0.39, 0.29) is 28.5 Å². The van der Waals surface area contributed by atoms with Crippen molar-refractivity contribution in [3.8, 4) is 0 Å². The summed E-state index contributed by atoms with van der Waals surface area (Å²) < 4.78 is 5.03. The minimum Gasteiger partial charge on any atom is -0.426 e. The van der Waals surface area contributed by atoms with Crippen molar-refractivity contribution < 1.29 is 19.1 Å². The van der Waals surface area contributed by atoms with E-state index >= 15 is 0 Å². The van der Waals surface area contributed by atoms with Gasteiger partial charge in [0.05, 0.1) is 5.57 Å². The Morgan fingerprint density at radius 2 is 1.85 bits per heavy atom. The predicted molar refractivity (Wildman–Crippen MR) is 71.7 cm³/mol. The van der Waals surface area contributed by atoms with E-state index in [1.54, 1.807) is 30.3 Å². The summed E-state index contributed by atoms with van der Waals surface area (Å²) in [7, 11) is 0. The summed E-state index contributed by atoms with van der Waals surface area (Å²) in [5, 5.41) is 0. The standard InChI is InChI=1S/C16H10O4/c1-9(17)20-14-7-6-13(18)12-8-10-4-2-3-5-11(10)16(19)15(12)14/h2-8H,1H3. The summed E-state index contributed by atoms with van der Waals surface area (Å²) in [6.45, 7) is 1.25. The van der Waals surface area contributed by atoms with E-state index in [4.69, 9.17) is 4.74 Å². The van der Waals surface area contributed by atoms with Gasteiger partial charge in [0.2, 0.25) is 0 Å². The van der Waals surface area contributed by atoms with Crippen molar-refractivity contribution in [2.75, 3.05) is 0 Å². The second-order valence-electron chi connectivity index (χ2n) is 4.50. The fraction of sp³-hybridized carbons (Fsp3) is 0.0625. The van der Waals surface area contributed by atoms with E-state index in [0.717, 1.165) is 0 Å². The average molecular weight is 266 g/mol. The van der Waals surface area contributed by atoms with Gasteiger partial charge in [0.15, 0.2) is 11.6 Å². The quantitative estimate of drug-likeness (QED) is 0.731. The molecule has 0 atom stereocenters. The van der Waals surface area contributed by atoms with E-state index in [0.29, 0.717) is 11.1 Å². The highest BCUT2D eigenvalue weighted by Crippen LogP contribution is 2.33. The topological polar surface area (TPSA) is 60.4 Å². The molecule has 0 unspecified atom stereocenters. The maximum absolute atomic E-state index is 12.5. The molecule has 1 aromatic carbocycles.